The number of benzene rings is 1. The number of halogens is 3. The number of aromatic nitrogens is 2. The lowest BCUT2D eigenvalue weighted by Crippen LogP contribution is -2.19. The lowest BCUT2D eigenvalue weighted by molar-refractivity contribution is -0.0668. The summed E-state index contributed by atoms with van der Waals surface area (Å²) in [6.07, 6.45) is -2.82. The van der Waals surface area contributed by atoms with Crippen LogP contribution in [0.4, 0.5) is 13.2 Å². The molecule has 0 saturated carbocycles. The van der Waals surface area contributed by atoms with E-state index in [1.54, 1.807) is 12.1 Å². The first-order valence-electron chi connectivity index (χ1n) is 5.65. The van der Waals surface area contributed by atoms with Gasteiger partial charge < -0.3 is 9.47 Å². The van der Waals surface area contributed by atoms with Gasteiger partial charge in [0.15, 0.2) is 11.6 Å². The average Bonchev–Trinajstić information content (AvgIpc) is 2.48. The van der Waals surface area contributed by atoms with Crippen molar-refractivity contribution in [2.24, 2.45) is 0 Å². The summed E-state index contributed by atoms with van der Waals surface area (Å²) in [5.41, 5.74) is 0.646. The molecule has 0 aliphatic carbocycles. The normalized spacial score (nSPS) is 12.2. The molecule has 0 radical (unpaired) electrons. The first-order chi connectivity index (χ1) is 9.60. The van der Waals surface area contributed by atoms with Crippen LogP contribution >= 0.6 is 0 Å². The second kappa shape index (κ2) is 6.23. The third-order valence-corrected chi connectivity index (χ3v) is 2.42. The maximum absolute atomic E-state index is 12.7. The number of hydrogen-bond acceptors (Lipinski definition) is 4. The standard InChI is InChI=1S/C13H11F3N2O2/c1-19-10-6-17-13(18-7-10)8-2-4-9(5-3-8)20-12(16)11(14)15/h2-7,11-12H,1H3. The summed E-state index contributed by atoms with van der Waals surface area (Å²) >= 11 is 0. The molecule has 0 N–H and O–H groups in total. The van der Waals surface area contributed by atoms with E-state index in [1.165, 1.54) is 31.6 Å². The molecule has 4 nitrogen and oxygen atoms in total. The molecule has 0 bridgehead atoms. The van der Waals surface area contributed by atoms with Crippen LogP contribution < -0.4 is 9.47 Å². The largest absolute Gasteiger partial charge is 0.494 e. The first-order valence-corrected chi connectivity index (χ1v) is 5.65. The van der Waals surface area contributed by atoms with Crippen molar-refractivity contribution in [1.29, 1.82) is 0 Å². The Kier molecular flexibility index (Phi) is 4.39. The van der Waals surface area contributed by atoms with E-state index in [0.29, 0.717) is 17.1 Å². The predicted octanol–water partition coefficient (Wildman–Crippen LogP) is 3.09. The number of alkyl halides is 3. The van der Waals surface area contributed by atoms with Crippen molar-refractivity contribution in [3.8, 4) is 22.9 Å². The number of ether oxygens (including phenoxy) is 2. The smallest absolute Gasteiger partial charge is 0.304 e. The Morgan fingerprint density at radius 3 is 2.05 bits per heavy atom. The molecule has 1 aromatic carbocycles. The fourth-order valence-corrected chi connectivity index (χ4v) is 1.43. The van der Waals surface area contributed by atoms with Crippen LogP contribution in [0.3, 0.4) is 0 Å². The van der Waals surface area contributed by atoms with Crippen molar-refractivity contribution in [2.75, 3.05) is 7.11 Å². The number of methoxy groups -OCH3 is 1. The van der Waals surface area contributed by atoms with Crippen LogP contribution in [-0.2, 0) is 0 Å². The van der Waals surface area contributed by atoms with E-state index in [2.05, 4.69) is 14.7 Å². The minimum absolute atomic E-state index is 0.00932. The molecule has 1 atom stereocenters. The van der Waals surface area contributed by atoms with Crippen LogP contribution in [0.1, 0.15) is 0 Å². The van der Waals surface area contributed by atoms with E-state index in [9.17, 15) is 13.2 Å². The van der Waals surface area contributed by atoms with E-state index in [-0.39, 0.29) is 5.75 Å². The summed E-state index contributed by atoms with van der Waals surface area (Å²) in [5.74, 6) is 0.962. The van der Waals surface area contributed by atoms with E-state index in [0.717, 1.165) is 0 Å². The van der Waals surface area contributed by atoms with Gasteiger partial charge in [0.1, 0.15) is 5.75 Å². The van der Waals surface area contributed by atoms with Crippen molar-refractivity contribution in [2.45, 2.75) is 12.8 Å². The molecular weight excluding hydrogens is 273 g/mol. The summed E-state index contributed by atoms with van der Waals surface area (Å²) in [6, 6.07) is 5.85. The van der Waals surface area contributed by atoms with Gasteiger partial charge in [0.25, 0.3) is 6.36 Å². The minimum Gasteiger partial charge on any atom is -0.494 e. The van der Waals surface area contributed by atoms with Crippen LogP contribution in [0.25, 0.3) is 11.4 Å². The first kappa shape index (κ1) is 14.1. The van der Waals surface area contributed by atoms with Gasteiger partial charge in [-0.05, 0) is 24.3 Å². The molecule has 106 valence electrons. The third-order valence-electron chi connectivity index (χ3n) is 2.42. The molecule has 20 heavy (non-hydrogen) atoms. The van der Waals surface area contributed by atoms with Gasteiger partial charge in [-0.1, -0.05) is 0 Å². The summed E-state index contributed by atoms with van der Waals surface area (Å²) in [6.45, 7) is 0. The Morgan fingerprint density at radius 2 is 1.55 bits per heavy atom. The van der Waals surface area contributed by atoms with Crippen LogP contribution in [0.15, 0.2) is 36.7 Å². The van der Waals surface area contributed by atoms with Crippen molar-refractivity contribution in [3.05, 3.63) is 36.7 Å². The van der Waals surface area contributed by atoms with Gasteiger partial charge in [-0.25, -0.2) is 18.7 Å². The zero-order chi connectivity index (χ0) is 14.5. The highest BCUT2D eigenvalue weighted by molar-refractivity contribution is 5.56. The fourth-order valence-electron chi connectivity index (χ4n) is 1.43. The Bertz CT molecular complexity index is 547. The summed E-state index contributed by atoms with van der Waals surface area (Å²) < 4.78 is 46.1. The summed E-state index contributed by atoms with van der Waals surface area (Å²) in [7, 11) is 1.50. The Morgan fingerprint density at radius 1 is 0.950 bits per heavy atom. The van der Waals surface area contributed by atoms with Crippen molar-refractivity contribution in [1.82, 2.24) is 9.97 Å². The molecule has 0 amide bonds. The van der Waals surface area contributed by atoms with Gasteiger partial charge in [0.05, 0.1) is 19.5 Å². The highest BCUT2D eigenvalue weighted by Gasteiger charge is 2.20. The number of hydrogen-bond donors (Lipinski definition) is 0. The second-order valence-corrected chi connectivity index (χ2v) is 3.77. The Labute approximate surface area is 113 Å². The molecular formula is C13H11F3N2O2. The Balaban J connectivity index is 2.10. The number of rotatable bonds is 5. The summed E-state index contributed by atoms with van der Waals surface area (Å²) in [4.78, 5) is 8.14. The van der Waals surface area contributed by atoms with Crippen molar-refractivity contribution >= 4 is 0 Å². The van der Waals surface area contributed by atoms with Gasteiger partial charge in [0.2, 0.25) is 0 Å². The summed E-state index contributed by atoms with van der Waals surface area (Å²) in [5, 5.41) is 0. The monoisotopic (exact) mass is 284 g/mol. The van der Waals surface area contributed by atoms with Crippen molar-refractivity contribution < 1.29 is 22.6 Å². The highest BCUT2D eigenvalue weighted by Crippen LogP contribution is 2.22. The zero-order valence-corrected chi connectivity index (χ0v) is 10.5. The van der Waals surface area contributed by atoms with E-state index in [1.807, 2.05) is 0 Å². The molecule has 0 aliphatic rings. The van der Waals surface area contributed by atoms with Gasteiger partial charge in [-0.2, -0.15) is 4.39 Å². The zero-order valence-electron chi connectivity index (χ0n) is 10.5. The van der Waals surface area contributed by atoms with Gasteiger partial charge in [0, 0.05) is 5.56 Å². The van der Waals surface area contributed by atoms with Crippen LogP contribution in [0, 0.1) is 0 Å². The van der Waals surface area contributed by atoms with Crippen LogP contribution in [0.5, 0.6) is 11.5 Å². The molecule has 1 heterocycles. The third kappa shape index (κ3) is 3.37. The molecule has 0 fully saturated rings. The molecule has 0 saturated heterocycles. The van der Waals surface area contributed by atoms with E-state index in [4.69, 9.17) is 4.74 Å². The molecule has 1 unspecified atom stereocenters. The maximum Gasteiger partial charge on any atom is 0.304 e. The topological polar surface area (TPSA) is 44.2 Å². The van der Waals surface area contributed by atoms with Gasteiger partial charge in [-0.15, -0.1) is 0 Å². The van der Waals surface area contributed by atoms with Gasteiger partial charge >= 0.3 is 6.43 Å². The quantitative estimate of drug-likeness (QED) is 0.846. The predicted molar refractivity (Wildman–Crippen MR) is 65.5 cm³/mol. The Hall–Kier alpha value is -2.31. The van der Waals surface area contributed by atoms with Crippen LogP contribution in [-0.4, -0.2) is 29.9 Å². The molecule has 1 aromatic heterocycles. The molecule has 7 heteroatoms. The fraction of sp³-hybridized carbons (Fsp3) is 0.231. The van der Waals surface area contributed by atoms with Crippen LogP contribution in [0.2, 0.25) is 0 Å². The highest BCUT2D eigenvalue weighted by atomic mass is 19.3. The van der Waals surface area contributed by atoms with Crippen molar-refractivity contribution in [3.63, 3.8) is 0 Å². The molecule has 0 aliphatic heterocycles. The van der Waals surface area contributed by atoms with E-state index >= 15 is 0 Å². The second-order valence-electron chi connectivity index (χ2n) is 3.77. The molecule has 2 rings (SSSR count). The minimum atomic E-state index is -3.18. The molecule has 2 aromatic rings. The average molecular weight is 284 g/mol. The van der Waals surface area contributed by atoms with E-state index < -0.39 is 12.8 Å². The number of nitrogens with zero attached hydrogens (tertiary/aromatic N) is 2. The van der Waals surface area contributed by atoms with Gasteiger partial charge in [-0.3, -0.25) is 0 Å². The molecule has 0 spiro atoms. The lowest BCUT2D eigenvalue weighted by Gasteiger charge is -2.10. The maximum atomic E-state index is 12.7. The SMILES string of the molecule is COc1cnc(-c2ccc(OC(F)C(F)F)cc2)nc1. The lowest BCUT2D eigenvalue weighted by atomic mass is 10.2.